The molecule has 1 aromatic rings. The maximum atomic E-state index is 4.46. The van der Waals surface area contributed by atoms with E-state index in [0.29, 0.717) is 0 Å². The summed E-state index contributed by atoms with van der Waals surface area (Å²) in [6.45, 7) is 9.11. The monoisotopic (exact) mass is 177 g/mol. The highest BCUT2D eigenvalue weighted by Gasteiger charge is 2.22. The van der Waals surface area contributed by atoms with Crippen LogP contribution in [0.3, 0.4) is 0 Å². The summed E-state index contributed by atoms with van der Waals surface area (Å²) in [5, 5.41) is 3.37. The molecule has 70 valence electrons. The largest absolute Gasteiger partial charge is 0.344 e. The van der Waals surface area contributed by atoms with Gasteiger partial charge in [-0.1, -0.05) is 12.2 Å². The Kier molecular flexibility index (Phi) is 1.96. The van der Waals surface area contributed by atoms with Gasteiger partial charge >= 0.3 is 0 Å². The molecular formula is C10H15N3. The highest BCUT2D eigenvalue weighted by molar-refractivity contribution is 5.22. The van der Waals surface area contributed by atoms with Crippen molar-refractivity contribution >= 4 is 0 Å². The van der Waals surface area contributed by atoms with Crippen LogP contribution in [0, 0.1) is 13.8 Å². The van der Waals surface area contributed by atoms with Gasteiger partial charge in [0.05, 0.1) is 11.7 Å². The number of aryl methyl sites for hydroxylation is 2. The Hall–Kier alpha value is -1.09. The van der Waals surface area contributed by atoms with Gasteiger partial charge in [0, 0.05) is 5.69 Å². The van der Waals surface area contributed by atoms with Crippen LogP contribution < -0.4 is 5.32 Å². The molecule has 2 N–H and O–H groups in total. The van der Waals surface area contributed by atoms with Gasteiger partial charge in [0.1, 0.15) is 5.82 Å². The molecule has 3 heteroatoms. The van der Waals surface area contributed by atoms with Crippen molar-refractivity contribution in [3.8, 4) is 0 Å². The summed E-state index contributed by atoms with van der Waals surface area (Å²) in [5.41, 5.74) is 3.46. The second kappa shape index (κ2) is 3.00. The number of imidazole rings is 1. The SMILES string of the molecule is C=C1CCNC1c1nc(C)c(C)[nH]1. The Labute approximate surface area is 78.3 Å². The summed E-state index contributed by atoms with van der Waals surface area (Å²) in [6.07, 6.45) is 1.06. The smallest absolute Gasteiger partial charge is 0.128 e. The standard InChI is InChI=1S/C10H15N3/c1-6-4-5-11-9(6)10-12-7(2)8(3)13-10/h9,11H,1,4-5H2,2-3H3,(H,12,13). The van der Waals surface area contributed by atoms with Crippen LogP contribution in [-0.2, 0) is 0 Å². The molecule has 0 spiro atoms. The molecule has 1 aliphatic rings. The predicted molar refractivity (Wildman–Crippen MR) is 52.6 cm³/mol. The van der Waals surface area contributed by atoms with E-state index in [-0.39, 0.29) is 6.04 Å². The van der Waals surface area contributed by atoms with Gasteiger partial charge in [-0.05, 0) is 26.8 Å². The first-order chi connectivity index (χ1) is 6.18. The Morgan fingerprint density at radius 3 is 2.69 bits per heavy atom. The molecule has 13 heavy (non-hydrogen) atoms. The minimum atomic E-state index is 0.243. The maximum absolute atomic E-state index is 4.46. The molecule has 3 nitrogen and oxygen atoms in total. The molecule has 1 saturated heterocycles. The third-order valence-electron chi connectivity index (χ3n) is 2.62. The Morgan fingerprint density at radius 1 is 1.46 bits per heavy atom. The highest BCUT2D eigenvalue weighted by atomic mass is 15.0. The molecule has 0 aromatic carbocycles. The first-order valence-corrected chi connectivity index (χ1v) is 4.62. The van der Waals surface area contributed by atoms with Gasteiger partial charge in [0.25, 0.3) is 0 Å². The predicted octanol–water partition coefficient (Wildman–Crippen LogP) is 1.62. The van der Waals surface area contributed by atoms with Gasteiger partial charge in [-0.3, -0.25) is 0 Å². The van der Waals surface area contributed by atoms with E-state index in [1.165, 1.54) is 5.57 Å². The van der Waals surface area contributed by atoms with Gasteiger partial charge in [-0.25, -0.2) is 4.98 Å². The summed E-state index contributed by atoms with van der Waals surface area (Å²) >= 11 is 0. The fourth-order valence-corrected chi connectivity index (χ4v) is 1.67. The summed E-state index contributed by atoms with van der Waals surface area (Å²) in [4.78, 5) is 7.75. The maximum Gasteiger partial charge on any atom is 0.128 e. The lowest BCUT2D eigenvalue weighted by atomic mass is 10.1. The molecule has 1 aliphatic heterocycles. The molecule has 2 rings (SSSR count). The number of hydrogen-bond acceptors (Lipinski definition) is 2. The van der Waals surface area contributed by atoms with Crippen molar-refractivity contribution in [3.63, 3.8) is 0 Å². The van der Waals surface area contributed by atoms with E-state index >= 15 is 0 Å². The van der Waals surface area contributed by atoms with Crippen molar-refractivity contribution in [2.45, 2.75) is 26.3 Å². The lowest BCUT2D eigenvalue weighted by molar-refractivity contribution is 0.671. The van der Waals surface area contributed by atoms with E-state index in [2.05, 4.69) is 21.9 Å². The minimum absolute atomic E-state index is 0.243. The van der Waals surface area contributed by atoms with Crippen molar-refractivity contribution in [2.24, 2.45) is 0 Å². The minimum Gasteiger partial charge on any atom is -0.344 e. The van der Waals surface area contributed by atoms with E-state index in [0.717, 1.165) is 30.2 Å². The number of nitrogens with one attached hydrogen (secondary N) is 2. The van der Waals surface area contributed by atoms with E-state index in [4.69, 9.17) is 0 Å². The second-order valence-corrected chi connectivity index (χ2v) is 3.63. The summed E-state index contributed by atoms with van der Waals surface area (Å²) in [7, 11) is 0. The van der Waals surface area contributed by atoms with Crippen LogP contribution in [0.1, 0.15) is 29.7 Å². The average Bonchev–Trinajstić information content (AvgIpc) is 2.60. The Balaban J connectivity index is 2.29. The number of hydrogen-bond donors (Lipinski definition) is 2. The number of rotatable bonds is 1. The van der Waals surface area contributed by atoms with Crippen molar-refractivity contribution in [3.05, 3.63) is 29.4 Å². The van der Waals surface area contributed by atoms with Gasteiger partial charge < -0.3 is 10.3 Å². The first-order valence-electron chi connectivity index (χ1n) is 4.62. The zero-order valence-corrected chi connectivity index (χ0v) is 8.15. The molecular weight excluding hydrogens is 162 g/mol. The van der Waals surface area contributed by atoms with E-state index < -0.39 is 0 Å². The van der Waals surface area contributed by atoms with Crippen LogP contribution >= 0.6 is 0 Å². The molecule has 2 heterocycles. The van der Waals surface area contributed by atoms with Gasteiger partial charge in [-0.15, -0.1) is 0 Å². The van der Waals surface area contributed by atoms with Gasteiger partial charge in [-0.2, -0.15) is 0 Å². The third kappa shape index (κ3) is 1.40. The molecule has 1 fully saturated rings. The zero-order chi connectivity index (χ0) is 9.42. The van der Waals surface area contributed by atoms with Gasteiger partial charge in [0.2, 0.25) is 0 Å². The molecule has 0 aliphatic carbocycles. The summed E-state index contributed by atoms with van der Waals surface area (Å²) in [5.74, 6) is 1.01. The number of aromatic amines is 1. The molecule has 1 atom stereocenters. The van der Waals surface area contributed by atoms with Crippen molar-refractivity contribution < 1.29 is 0 Å². The molecule has 1 unspecified atom stereocenters. The number of H-pyrrole nitrogens is 1. The van der Waals surface area contributed by atoms with Crippen LogP contribution in [0.15, 0.2) is 12.2 Å². The lowest BCUT2D eigenvalue weighted by Gasteiger charge is -2.07. The number of nitrogens with zero attached hydrogens (tertiary/aromatic N) is 1. The molecule has 1 aromatic heterocycles. The van der Waals surface area contributed by atoms with Gasteiger partial charge in [0.15, 0.2) is 0 Å². The molecule has 0 saturated carbocycles. The van der Waals surface area contributed by atoms with Crippen molar-refractivity contribution in [2.75, 3.05) is 6.54 Å². The van der Waals surface area contributed by atoms with Crippen LogP contribution in [0.5, 0.6) is 0 Å². The van der Waals surface area contributed by atoms with Crippen LogP contribution in [0.4, 0.5) is 0 Å². The van der Waals surface area contributed by atoms with Crippen LogP contribution in [0.2, 0.25) is 0 Å². The van der Waals surface area contributed by atoms with E-state index in [1.54, 1.807) is 0 Å². The van der Waals surface area contributed by atoms with E-state index in [9.17, 15) is 0 Å². The fourth-order valence-electron chi connectivity index (χ4n) is 1.67. The van der Waals surface area contributed by atoms with Crippen molar-refractivity contribution in [1.82, 2.24) is 15.3 Å². The quantitative estimate of drug-likeness (QED) is 0.640. The first kappa shape index (κ1) is 8.51. The topological polar surface area (TPSA) is 40.7 Å². The second-order valence-electron chi connectivity index (χ2n) is 3.63. The fraction of sp³-hybridized carbons (Fsp3) is 0.500. The summed E-state index contributed by atoms with van der Waals surface area (Å²) < 4.78 is 0. The average molecular weight is 177 g/mol. The Bertz CT molecular complexity index is 318. The normalized spacial score (nSPS) is 22.6. The number of aromatic nitrogens is 2. The zero-order valence-electron chi connectivity index (χ0n) is 8.15. The highest BCUT2D eigenvalue weighted by Crippen LogP contribution is 2.25. The van der Waals surface area contributed by atoms with Crippen LogP contribution in [-0.4, -0.2) is 16.5 Å². The van der Waals surface area contributed by atoms with E-state index in [1.807, 2.05) is 13.8 Å². The molecule has 0 bridgehead atoms. The summed E-state index contributed by atoms with van der Waals surface area (Å²) in [6, 6.07) is 0.243. The van der Waals surface area contributed by atoms with Crippen LogP contribution in [0.25, 0.3) is 0 Å². The third-order valence-corrected chi connectivity index (χ3v) is 2.62. The molecule has 0 amide bonds. The Morgan fingerprint density at radius 2 is 2.23 bits per heavy atom. The van der Waals surface area contributed by atoms with Crippen molar-refractivity contribution in [1.29, 1.82) is 0 Å². The lowest BCUT2D eigenvalue weighted by Crippen LogP contribution is -2.15. The molecule has 0 radical (unpaired) electrons.